The molecule has 28 heavy (non-hydrogen) atoms. The number of hydrogen-bond donors (Lipinski definition) is 1. The molecule has 1 aliphatic heterocycles. The second kappa shape index (κ2) is 6.53. The standard InChI is InChI=1S/C21H22N2O4S/c1-4-23-20(24)17-15-7-5-6-13(3)16(15)19(18(17)21(23)25)22-28(26,27)14-10-8-12(2)9-11-14/h5-11,17-19,22H,4H2,1-3H3/t17-,18-,19-/m0/s1. The smallest absolute Gasteiger partial charge is 0.241 e. The van der Waals surface area contributed by atoms with E-state index in [4.69, 9.17) is 0 Å². The van der Waals surface area contributed by atoms with Gasteiger partial charge in [0, 0.05) is 6.54 Å². The maximum Gasteiger partial charge on any atom is 0.241 e. The number of carbonyl (C=O) groups is 2. The first-order valence-corrected chi connectivity index (χ1v) is 10.8. The van der Waals surface area contributed by atoms with Crippen LogP contribution in [0.25, 0.3) is 0 Å². The largest absolute Gasteiger partial charge is 0.282 e. The highest BCUT2D eigenvalue weighted by molar-refractivity contribution is 7.89. The van der Waals surface area contributed by atoms with Gasteiger partial charge in [-0.1, -0.05) is 35.9 Å². The minimum Gasteiger partial charge on any atom is -0.282 e. The minimum absolute atomic E-state index is 0.140. The molecular weight excluding hydrogens is 376 g/mol. The molecule has 0 spiro atoms. The number of likely N-dealkylation sites (N-methyl/N-ethyl adjacent to an activating group) is 1. The molecule has 146 valence electrons. The van der Waals surface area contributed by atoms with E-state index >= 15 is 0 Å². The van der Waals surface area contributed by atoms with Gasteiger partial charge in [0.25, 0.3) is 0 Å². The van der Waals surface area contributed by atoms with Crippen LogP contribution < -0.4 is 4.72 Å². The van der Waals surface area contributed by atoms with Gasteiger partial charge in [0.2, 0.25) is 21.8 Å². The summed E-state index contributed by atoms with van der Waals surface area (Å²) < 4.78 is 28.8. The summed E-state index contributed by atoms with van der Waals surface area (Å²) in [5.41, 5.74) is 3.31. The molecule has 1 N–H and O–H groups in total. The van der Waals surface area contributed by atoms with Crippen LogP contribution >= 0.6 is 0 Å². The Labute approximate surface area is 164 Å². The zero-order chi connectivity index (χ0) is 20.2. The van der Waals surface area contributed by atoms with Gasteiger partial charge in [0.1, 0.15) is 0 Å². The third-order valence-corrected chi connectivity index (χ3v) is 7.19. The lowest BCUT2D eigenvalue weighted by Gasteiger charge is -2.22. The van der Waals surface area contributed by atoms with Gasteiger partial charge in [0.15, 0.2) is 0 Å². The number of nitrogens with zero attached hydrogens (tertiary/aromatic N) is 1. The van der Waals surface area contributed by atoms with E-state index < -0.39 is 27.9 Å². The van der Waals surface area contributed by atoms with Crippen molar-refractivity contribution in [3.63, 3.8) is 0 Å². The lowest BCUT2D eigenvalue weighted by atomic mass is 9.94. The zero-order valence-electron chi connectivity index (χ0n) is 16.0. The van der Waals surface area contributed by atoms with Crippen LogP contribution in [0.1, 0.15) is 41.1 Å². The second-order valence-corrected chi connectivity index (χ2v) is 9.13. The second-order valence-electron chi connectivity index (χ2n) is 7.41. The van der Waals surface area contributed by atoms with E-state index in [2.05, 4.69) is 4.72 Å². The number of fused-ring (bicyclic) bond motifs is 3. The van der Waals surface area contributed by atoms with Crippen molar-refractivity contribution in [2.75, 3.05) is 6.54 Å². The number of imide groups is 1. The van der Waals surface area contributed by atoms with Gasteiger partial charge in [-0.3, -0.25) is 14.5 Å². The summed E-state index contributed by atoms with van der Waals surface area (Å²) >= 11 is 0. The van der Waals surface area contributed by atoms with Gasteiger partial charge in [-0.05, 0) is 49.6 Å². The maximum atomic E-state index is 13.0. The topological polar surface area (TPSA) is 83.6 Å². The fourth-order valence-electron chi connectivity index (χ4n) is 4.39. The molecule has 1 heterocycles. The number of nitrogens with one attached hydrogen (secondary N) is 1. The van der Waals surface area contributed by atoms with Gasteiger partial charge < -0.3 is 0 Å². The van der Waals surface area contributed by atoms with Gasteiger partial charge in [-0.25, -0.2) is 13.1 Å². The summed E-state index contributed by atoms with van der Waals surface area (Å²) in [6, 6.07) is 11.3. The molecule has 0 aromatic heterocycles. The molecule has 2 aromatic carbocycles. The Balaban J connectivity index is 1.81. The number of carbonyl (C=O) groups excluding carboxylic acids is 2. The highest BCUT2D eigenvalue weighted by Gasteiger charge is 2.57. The first-order chi connectivity index (χ1) is 13.3. The van der Waals surface area contributed by atoms with Crippen LogP contribution in [-0.2, 0) is 19.6 Å². The first kappa shape index (κ1) is 18.8. The fraction of sp³-hybridized carbons (Fsp3) is 0.333. The van der Waals surface area contributed by atoms with Crippen molar-refractivity contribution < 1.29 is 18.0 Å². The SMILES string of the molecule is CCN1C(=O)[C@@H]2[C@@H](NS(=O)(=O)c3ccc(C)cc3)c3c(C)cccc3[C@@H]2C1=O. The Bertz CT molecular complexity index is 1080. The van der Waals surface area contributed by atoms with Crippen LogP contribution in [0.5, 0.6) is 0 Å². The number of sulfonamides is 1. The van der Waals surface area contributed by atoms with Gasteiger partial charge in [0.05, 0.1) is 22.8 Å². The predicted molar refractivity (Wildman–Crippen MR) is 104 cm³/mol. The van der Waals surface area contributed by atoms with E-state index in [1.165, 1.54) is 4.90 Å². The summed E-state index contributed by atoms with van der Waals surface area (Å²) in [5.74, 6) is -1.94. The first-order valence-electron chi connectivity index (χ1n) is 9.30. The molecule has 0 saturated carbocycles. The highest BCUT2D eigenvalue weighted by atomic mass is 32.2. The lowest BCUT2D eigenvalue weighted by molar-refractivity contribution is -0.139. The monoisotopic (exact) mass is 398 g/mol. The molecule has 2 amide bonds. The van der Waals surface area contributed by atoms with Crippen molar-refractivity contribution in [2.45, 2.75) is 37.6 Å². The van der Waals surface area contributed by atoms with E-state index in [1.807, 2.05) is 32.0 Å². The van der Waals surface area contributed by atoms with Gasteiger partial charge in [-0.15, -0.1) is 0 Å². The number of aryl methyl sites for hydroxylation is 2. The van der Waals surface area contributed by atoms with Crippen molar-refractivity contribution in [2.24, 2.45) is 5.92 Å². The van der Waals surface area contributed by atoms with Crippen molar-refractivity contribution in [1.29, 1.82) is 0 Å². The van der Waals surface area contributed by atoms with Crippen LogP contribution in [0.3, 0.4) is 0 Å². The van der Waals surface area contributed by atoms with E-state index in [1.54, 1.807) is 31.2 Å². The third kappa shape index (κ3) is 2.69. The van der Waals surface area contributed by atoms with Crippen LogP contribution in [0.15, 0.2) is 47.4 Å². The number of benzene rings is 2. The number of likely N-dealkylation sites (tertiary alicyclic amines) is 1. The molecule has 1 saturated heterocycles. The molecule has 6 nitrogen and oxygen atoms in total. The van der Waals surface area contributed by atoms with Crippen LogP contribution in [0.2, 0.25) is 0 Å². The Hall–Kier alpha value is -2.51. The Morgan fingerprint density at radius 1 is 1.00 bits per heavy atom. The number of rotatable bonds is 4. The molecule has 2 aromatic rings. The molecule has 4 rings (SSSR count). The van der Waals surface area contributed by atoms with E-state index in [0.717, 1.165) is 22.3 Å². The minimum atomic E-state index is -3.86. The van der Waals surface area contributed by atoms with Gasteiger partial charge in [-0.2, -0.15) is 0 Å². The molecule has 1 aliphatic carbocycles. The third-order valence-electron chi connectivity index (χ3n) is 5.74. The van der Waals surface area contributed by atoms with E-state index in [-0.39, 0.29) is 23.3 Å². The molecular formula is C21H22N2O4S. The average molecular weight is 398 g/mol. The predicted octanol–water partition coefficient (Wildman–Crippen LogP) is 2.43. The van der Waals surface area contributed by atoms with Crippen molar-refractivity contribution in [3.05, 3.63) is 64.7 Å². The highest BCUT2D eigenvalue weighted by Crippen LogP contribution is 2.51. The summed E-state index contributed by atoms with van der Waals surface area (Å²) in [6.45, 7) is 5.79. The Morgan fingerprint density at radius 3 is 2.32 bits per heavy atom. The van der Waals surface area contributed by atoms with Crippen molar-refractivity contribution in [3.8, 4) is 0 Å². The van der Waals surface area contributed by atoms with E-state index in [0.29, 0.717) is 0 Å². The summed E-state index contributed by atoms with van der Waals surface area (Å²) in [7, 11) is -3.86. The molecule has 0 unspecified atom stereocenters. The lowest BCUT2D eigenvalue weighted by Crippen LogP contribution is -2.37. The normalized spacial score (nSPS) is 23.8. The quantitative estimate of drug-likeness (QED) is 0.802. The Morgan fingerprint density at radius 2 is 1.68 bits per heavy atom. The Kier molecular flexibility index (Phi) is 4.39. The molecule has 0 bridgehead atoms. The molecule has 7 heteroatoms. The molecule has 3 atom stereocenters. The summed E-state index contributed by atoms with van der Waals surface area (Å²) in [4.78, 5) is 27.2. The molecule has 0 radical (unpaired) electrons. The maximum absolute atomic E-state index is 13.0. The van der Waals surface area contributed by atoms with Gasteiger partial charge >= 0.3 is 0 Å². The van der Waals surface area contributed by atoms with Crippen molar-refractivity contribution >= 4 is 21.8 Å². The number of hydrogen-bond acceptors (Lipinski definition) is 4. The molecule has 2 aliphatic rings. The van der Waals surface area contributed by atoms with E-state index in [9.17, 15) is 18.0 Å². The fourth-order valence-corrected chi connectivity index (χ4v) is 5.62. The summed E-state index contributed by atoms with van der Waals surface area (Å²) in [6.07, 6.45) is 0. The van der Waals surface area contributed by atoms with Crippen LogP contribution in [-0.4, -0.2) is 31.7 Å². The number of amides is 2. The average Bonchev–Trinajstić information content (AvgIpc) is 3.09. The summed E-state index contributed by atoms with van der Waals surface area (Å²) in [5, 5.41) is 0. The van der Waals surface area contributed by atoms with Crippen LogP contribution in [0, 0.1) is 19.8 Å². The van der Waals surface area contributed by atoms with Crippen LogP contribution in [0.4, 0.5) is 0 Å². The zero-order valence-corrected chi connectivity index (χ0v) is 16.8. The molecule has 1 fully saturated rings. The van der Waals surface area contributed by atoms with Crippen molar-refractivity contribution in [1.82, 2.24) is 9.62 Å².